The molecule has 0 fully saturated rings. The van der Waals surface area contributed by atoms with Gasteiger partial charge in [0.15, 0.2) is 0 Å². The lowest BCUT2D eigenvalue weighted by Crippen LogP contribution is -2.01. The molecular formula is C8H14ClN3S. The van der Waals surface area contributed by atoms with E-state index >= 15 is 0 Å². The van der Waals surface area contributed by atoms with E-state index in [1.165, 1.54) is 11.5 Å². The van der Waals surface area contributed by atoms with Crippen LogP contribution in [0.2, 0.25) is 0 Å². The molecule has 1 N–H and O–H groups in total. The van der Waals surface area contributed by atoms with Crippen LogP contribution in [0.4, 0.5) is 5.13 Å². The van der Waals surface area contributed by atoms with Gasteiger partial charge in [-0.25, -0.2) is 4.98 Å². The molecule has 74 valence electrons. The Labute approximate surface area is 87.7 Å². The first-order valence-corrected chi connectivity index (χ1v) is 5.68. The standard InChI is InChI=1S/C8H14ClN3S/c1-6(2)7-11-8(13-12-7)10-5-3-4-9/h6H,3-5H2,1-2H3,(H,10,11,12). The quantitative estimate of drug-likeness (QED) is 0.611. The minimum atomic E-state index is 0.403. The van der Waals surface area contributed by atoms with Crippen molar-refractivity contribution in [2.45, 2.75) is 26.2 Å². The van der Waals surface area contributed by atoms with Crippen LogP contribution in [-0.2, 0) is 0 Å². The van der Waals surface area contributed by atoms with Crippen molar-refractivity contribution in [3.63, 3.8) is 0 Å². The Hall–Kier alpha value is -0.350. The number of hydrogen-bond acceptors (Lipinski definition) is 4. The van der Waals surface area contributed by atoms with Crippen LogP contribution < -0.4 is 5.32 Å². The molecular weight excluding hydrogens is 206 g/mol. The lowest BCUT2D eigenvalue weighted by atomic mass is 10.2. The summed E-state index contributed by atoms with van der Waals surface area (Å²) in [6, 6.07) is 0. The van der Waals surface area contributed by atoms with Crippen molar-refractivity contribution < 1.29 is 0 Å². The van der Waals surface area contributed by atoms with Crippen LogP contribution in [0.1, 0.15) is 32.0 Å². The predicted molar refractivity (Wildman–Crippen MR) is 57.8 cm³/mol. The summed E-state index contributed by atoms with van der Waals surface area (Å²) in [6.07, 6.45) is 0.956. The van der Waals surface area contributed by atoms with Gasteiger partial charge in [0.1, 0.15) is 5.82 Å². The van der Waals surface area contributed by atoms with Crippen LogP contribution in [0.3, 0.4) is 0 Å². The monoisotopic (exact) mass is 219 g/mol. The first kappa shape index (κ1) is 10.7. The van der Waals surface area contributed by atoms with Crippen molar-refractivity contribution in [3.8, 4) is 0 Å². The summed E-state index contributed by atoms with van der Waals surface area (Å²) in [4.78, 5) is 4.33. The highest BCUT2D eigenvalue weighted by atomic mass is 35.5. The predicted octanol–water partition coefficient (Wildman–Crippen LogP) is 2.70. The van der Waals surface area contributed by atoms with Crippen LogP contribution >= 0.6 is 23.1 Å². The van der Waals surface area contributed by atoms with E-state index in [4.69, 9.17) is 11.6 Å². The molecule has 0 aliphatic rings. The third-order valence-corrected chi connectivity index (χ3v) is 2.50. The molecule has 0 radical (unpaired) electrons. The number of nitrogens with one attached hydrogen (secondary N) is 1. The fourth-order valence-corrected chi connectivity index (χ4v) is 1.67. The van der Waals surface area contributed by atoms with E-state index < -0.39 is 0 Å². The molecule has 0 aromatic carbocycles. The van der Waals surface area contributed by atoms with Gasteiger partial charge in [0.2, 0.25) is 5.13 Å². The first-order valence-electron chi connectivity index (χ1n) is 4.37. The Morgan fingerprint density at radius 2 is 2.31 bits per heavy atom. The second-order valence-corrected chi connectivity index (χ2v) is 4.21. The summed E-state index contributed by atoms with van der Waals surface area (Å²) >= 11 is 6.96. The summed E-state index contributed by atoms with van der Waals surface area (Å²) in [5.41, 5.74) is 0. The van der Waals surface area contributed by atoms with Crippen molar-refractivity contribution in [3.05, 3.63) is 5.82 Å². The van der Waals surface area contributed by atoms with Gasteiger partial charge < -0.3 is 5.32 Å². The summed E-state index contributed by atoms with van der Waals surface area (Å²) in [7, 11) is 0. The molecule has 0 saturated heterocycles. The lowest BCUT2D eigenvalue weighted by molar-refractivity contribution is 0.798. The van der Waals surface area contributed by atoms with Gasteiger partial charge in [0, 0.05) is 29.9 Å². The van der Waals surface area contributed by atoms with Crippen molar-refractivity contribution in [1.82, 2.24) is 9.36 Å². The average Bonchev–Trinajstić information content (AvgIpc) is 2.53. The molecule has 0 aliphatic carbocycles. The average molecular weight is 220 g/mol. The van der Waals surface area contributed by atoms with Crippen LogP contribution in [0.15, 0.2) is 0 Å². The third kappa shape index (κ3) is 3.48. The van der Waals surface area contributed by atoms with Gasteiger partial charge >= 0.3 is 0 Å². The maximum atomic E-state index is 5.55. The molecule has 13 heavy (non-hydrogen) atoms. The van der Waals surface area contributed by atoms with Gasteiger partial charge in [-0.3, -0.25) is 0 Å². The number of rotatable bonds is 5. The van der Waals surface area contributed by atoms with E-state index in [1.807, 2.05) is 0 Å². The summed E-state index contributed by atoms with van der Waals surface area (Å²) in [5.74, 6) is 2.00. The zero-order valence-electron chi connectivity index (χ0n) is 7.88. The van der Waals surface area contributed by atoms with E-state index in [9.17, 15) is 0 Å². The zero-order chi connectivity index (χ0) is 9.68. The number of anilines is 1. The van der Waals surface area contributed by atoms with Crippen molar-refractivity contribution in [1.29, 1.82) is 0 Å². The van der Waals surface area contributed by atoms with Crippen molar-refractivity contribution in [2.24, 2.45) is 0 Å². The van der Waals surface area contributed by atoms with E-state index in [2.05, 4.69) is 28.5 Å². The Morgan fingerprint density at radius 3 is 2.85 bits per heavy atom. The second kappa shape index (κ2) is 5.40. The Morgan fingerprint density at radius 1 is 1.54 bits per heavy atom. The van der Waals surface area contributed by atoms with E-state index in [1.54, 1.807) is 0 Å². The summed E-state index contributed by atoms with van der Waals surface area (Å²) in [5, 5.41) is 4.08. The Kier molecular flexibility index (Phi) is 4.45. The molecule has 0 atom stereocenters. The molecule has 0 spiro atoms. The van der Waals surface area contributed by atoms with Gasteiger partial charge in [-0.15, -0.1) is 11.6 Å². The highest BCUT2D eigenvalue weighted by Gasteiger charge is 2.06. The second-order valence-electron chi connectivity index (χ2n) is 3.08. The van der Waals surface area contributed by atoms with Gasteiger partial charge in [0.05, 0.1) is 0 Å². The topological polar surface area (TPSA) is 37.8 Å². The van der Waals surface area contributed by atoms with Gasteiger partial charge in [0.25, 0.3) is 0 Å². The molecule has 1 heterocycles. The zero-order valence-corrected chi connectivity index (χ0v) is 9.45. The Balaban J connectivity index is 2.40. The number of halogens is 1. The van der Waals surface area contributed by atoms with Gasteiger partial charge in [-0.1, -0.05) is 13.8 Å². The molecule has 3 nitrogen and oxygen atoms in total. The number of nitrogens with zero attached hydrogens (tertiary/aromatic N) is 2. The smallest absolute Gasteiger partial charge is 0.202 e. The normalized spacial score (nSPS) is 10.8. The summed E-state index contributed by atoms with van der Waals surface area (Å²) in [6.45, 7) is 5.05. The van der Waals surface area contributed by atoms with E-state index in [-0.39, 0.29) is 0 Å². The molecule has 0 saturated carbocycles. The maximum absolute atomic E-state index is 5.55. The molecule has 0 amide bonds. The van der Waals surface area contributed by atoms with Gasteiger partial charge in [-0.2, -0.15) is 4.37 Å². The highest BCUT2D eigenvalue weighted by molar-refractivity contribution is 7.09. The lowest BCUT2D eigenvalue weighted by Gasteiger charge is -1.98. The number of alkyl halides is 1. The SMILES string of the molecule is CC(C)c1nsc(NCCCCl)n1. The molecule has 0 bridgehead atoms. The van der Waals surface area contributed by atoms with Crippen molar-refractivity contribution in [2.75, 3.05) is 17.7 Å². The van der Waals surface area contributed by atoms with Crippen LogP contribution in [0.5, 0.6) is 0 Å². The third-order valence-electron chi connectivity index (χ3n) is 1.54. The molecule has 1 rings (SSSR count). The van der Waals surface area contributed by atoms with E-state index in [0.717, 1.165) is 23.9 Å². The van der Waals surface area contributed by atoms with Crippen molar-refractivity contribution >= 4 is 28.3 Å². The van der Waals surface area contributed by atoms with Crippen LogP contribution in [0, 0.1) is 0 Å². The van der Waals surface area contributed by atoms with Crippen LogP contribution in [-0.4, -0.2) is 21.8 Å². The molecule has 1 aromatic heterocycles. The number of aromatic nitrogens is 2. The molecule has 0 unspecified atom stereocenters. The van der Waals surface area contributed by atoms with Gasteiger partial charge in [-0.05, 0) is 6.42 Å². The summed E-state index contributed by atoms with van der Waals surface area (Å²) < 4.78 is 4.23. The Bertz CT molecular complexity index is 249. The fourth-order valence-electron chi connectivity index (χ4n) is 0.803. The highest BCUT2D eigenvalue weighted by Crippen LogP contribution is 2.16. The molecule has 0 aliphatic heterocycles. The number of hydrogen-bond donors (Lipinski definition) is 1. The maximum Gasteiger partial charge on any atom is 0.202 e. The minimum absolute atomic E-state index is 0.403. The first-order chi connectivity index (χ1) is 6.24. The fraction of sp³-hybridized carbons (Fsp3) is 0.750. The van der Waals surface area contributed by atoms with Crippen LogP contribution in [0.25, 0.3) is 0 Å². The largest absolute Gasteiger partial charge is 0.360 e. The van der Waals surface area contributed by atoms with E-state index in [0.29, 0.717) is 11.8 Å². The molecule has 5 heteroatoms. The molecule has 1 aromatic rings. The minimum Gasteiger partial charge on any atom is -0.360 e.